The quantitative estimate of drug-likeness (QED) is 0.904. The fourth-order valence-corrected chi connectivity index (χ4v) is 4.38. The summed E-state index contributed by atoms with van der Waals surface area (Å²) in [6.45, 7) is 6.03. The van der Waals surface area contributed by atoms with Gasteiger partial charge in [0.2, 0.25) is 0 Å². The Morgan fingerprint density at radius 2 is 1.85 bits per heavy atom. The van der Waals surface area contributed by atoms with E-state index < -0.39 is 0 Å². The third kappa shape index (κ3) is 3.02. The summed E-state index contributed by atoms with van der Waals surface area (Å²) in [6.07, 6.45) is 1.04. The van der Waals surface area contributed by atoms with E-state index in [1.807, 2.05) is 47.6 Å². The summed E-state index contributed by atoms with van der Waals surface area (Å²) >= 11 is 0. The summed E-state index contributed by atoms with van der Waals surface area (Å²) < 4.78 is 1.94. The maximum Gasteiger partial charge on any atom is 0.317 e. The molecule has 0 radical (unpaired) electrons. The molecule has 1 aromatic heterocycles. The number of hydrogen-bond donors (Lipinski definition) is 1. The lowest BCUT2D eigenvalue weighted by molar-refractivity contribution is 0.130. The zero-order valence-corrected chi connectivity index (χ0v) is 15.3. The van der Waals surface area contributed by atoms with Crippen LogP contribution >= 0.6 is 0 Å². The van der Waals surface area contributed by atoms with Crippen LogP contribution in [-0.4, -0.2) is 34.6 Å². The molecule has 2 atom stereocenters. The molecular formula is C21H25N3O2. The van der Waals surface area contributed by atoms with Crippen LogP contribution in [-0.2, 0) is 6.54 Å². The minimum atomic E-state index is 0.00249. The van der Waals surface area contributed by atoms with Crippen molar-refractivity contribution in [1.82, 2.24) is 14.8 Å². The predicted octanol–water partition coefficient (Wildman–Crippen LogP) is 3.05. The number of likely N-dealkylation sites (tertiary alicyclic amines) is 1. The number of nitrogens with zero attached hydrogens (tertiary/aromatic N) is 2. The Labute approximate surface area is 153 Å². The van der Waals surface area contributed by atoms with E-state index in [1.165, 1.54) is 0 Å². The van der Waals surface area contributed by atoms with Gasteiger partial charge in [-0.2, -0.15) is 0 Å². The lowest BCUT2D eigenvalue weighted by atomic mass is 9.80. The summed E-state index contributed by atoms with van der Waals surface area (Å²) in [5.74, 6) is 0.535. The number of piperidine rings is 1. The van der Waals surface area contributed by atoms with Gasteiger partial charge in [0.15, 0.2) is 0 Å². The number of amides is 2. The first kappa shape index (κ1) is 16.9. The number of aromatic nitrogens is 1. The van der Waals surface area contributed by atoms with E-state index >= 15 is 0 Å². The molecule has 26 heavy (non-hydrogen) atoms. The molecule has 5 nitrogen and oxygen atoms in total. The molecule has 0 spiro atoms. The van der Waals surface area contributed by atoms with Gasteiger partial charge >= 0.3 is 6.03 Å². The topological polar surface area (TPSA) is 54.3 Å². The number of urea groups is 1. The van der Waals surface area contributed by atoms with Gasteiger partial charge in [0.05, 0.1) is 0 Å². The number of fused-ring (bicyclic) bond motifs is 4. The molecule has 2 bridgehead atoms. The number of hydrogen-bond acceptors (Lipinski definition) is 2. The fourth-order valence-electron chi connectivity index (χ4n) is 4.38. The van der Waals surface area contributed by atoms with Gasteiger partial charge in [-0.25, -0.2) is 4.79 Å². The molecular weight excluding hydrogens is 326 g/mol. The van der Waals surface area contributed by atoms with Crippen molar-refractivity contribution in [2.75, 3.05) is 13.1 Å². The molecule has 4 rings (SSSR count). The molecule has 0 unspecified atom stereocenters. The van der Waals surface area contributed by atoms with Gasteiger partial charge < -0.3 is 14.8 Å². The average molecular weight is 351 g/mol. The van der Waals surface area contributed by atoms with Crippen molar-refractivity contribution < 1.29 is 4.79 Å². The maximum absolute atomic E-state index is 12.5. The average Bonchev–Trinajstić information content (AvgIpc) is 2.62. The second-order valence-electron chi connectivity index (χ2n) is 7.75. The molecule has 1 fully saturated rings. The van der Waals surface area contributed by atoms with Crippen molar-refractivity contribution in [3.05, 3.63) is 58.5 Å². The Kier molecular flexibility index (Phi) is 4.31. The standard InChI is InChI=1S/C21H25N3O2/c1-14(2)22-21(26)23-11-15-10-17(13-23)20-18(16-6-4-3-5-7-16)8-9-19(25)24(20)12-15/h3-9,14-15,17H,10-13H2,1-2H3,(H,22,26)/t15-,17+/m0/s1. The monoisotopic (exact) mass is 351 g/mol. The van der Waals surface area contributed by atoms with E-state index in [4.69, 9.17) is 0 Å². The molecule has 0 saturated carbocycles. The Morgan fingerprint density at radius 1 is 1.08 bits per heavy atom. The number of rotatable bonds is 2. The molecule has 1 N–H and O–H groups in total. The van der Waals surface area contributed by atoms with Crippen LogP contribution in [0.2, 0.25) is 0 Å². The van der Waals surface area contributed by atoms with Gasteiger partial charge in [0.1, 0.15) is 0 Å². The van der Waals surface area contributed by atoms with Crippen LogP contribution in [0.1, 0.15) is 31.9 Å². The Hall–Kier alpha value is -2.56. The summed E-state index contributed by atoms with van der Waals surface area (Å²) in [6, 6.07) is 13.9. The molecule has 0 aliphatic carbocycles. The Balaban J connectivity index is 1.73. The lowest BCUT2D eigenvalue weighted by Gasteiger charge is -2.43. The van der Waals surface area contributed by atoms with E-state index in [0.29, 0.717) is 19.0 Å². The van der Waals surface area contributed by atoms with Crippen molar-refractivity contribution in [3.63, 3.8) is 0 Å². The van der Waals surface area contributed by atoms with Gasteiger partial charge in [0.25, 0.3) is 5.56 Å². The van der Waals surface area contributed by atoms with Crippen molar-refractivity contribution in [1.29, 1.82) is 0 Å². The van der Waals surface area contributed by atoms with Crippen molar-refractivity contribution in [2.45, 2.75) is 38.8 Å². The van der Waals surface area contributed by atoms with Crippen LogP contribution in [0.15, 0.2) is 47.3 Å². The molecule has 2 amide bonds. The third-order valence-electron chi connectivity index (χ3n) is 5.37. The van der Waals surface area contributed by atoms with E-state index in [1.54, 1.807) is 6.07 Å². The molecule has 5 heteroatoms. The molecule has 1 aromatic carbocycles. The highest BCUT2D eigenvalue weighted by Gasteiger charge is 2.37. The van der Waals surface area contributed by atoms with Gasteiger partial charge in [-0.05, 0) is 37.8 Å². The van der Waals surface area contributed by atoms with Gasteiger partial charge in [0, 0.05) is 48.9 Å². The van der Waals surface area contributed by atoms with Crippen molar-refractivity contribution in [2.24, 2.45) is 5.92 Å². The summed E-state index contributed by atoms with van der Waals surface area (Å²) in [4.78, 5) is 27.0. The number of pyridine rings is 1. The van der Waals surface area contributed by atoms with Crippen LogP contribution in [0.5, 0.6) is 0 Å². The van der Waals surface area contributed by atoms with Gasteiger partial charge in [-0.15, -0.1) is 0 Å². The molecule has 1 saturated heterocycles. The second-order valence-corrected chi connectivity index (χ2v) is 7.75. The minimum absolute atomic E-state index is 0.00249. The van der Waals surface area contributed by atoms with Gasteiger partial charge in [-0.1, -0.05) is 30.3 Å². The SMILES string of the molecule is CC(C)NC(=O)N1C[C@@H]2C[C@H](C1)c1c(-c3ccccc3)ccc(=O)n1C2. The highest BCUT2D eigenvalue weighted by molar-refractivity contribution is 5.75. The third-order valence-corrected chi connectivity index (χ3v) is 5.37. The summed E-state index contributed by atoms with van der Waals surface area (Å²) in [7, 11) is 0. The predicted molar refractivity (Wildman–Crippen MR) is 102 cm³/mol. The molecule has 2 aromatic rings. The molecule has 2 aliphatic heterocycles. The van der Waals surface area contributed by atoms with Crippen LogP contribution in [0, 0.1) is 5.92 Å². The number of carbonyl (C=O) groups excluding carboxylic acids is 1. The van der Waals surface area contributed by atoms with E-state index in [-0.39, 0.29) is 23.6 Å². The fraction of sp³-hybridized carbons (Fsp3) is 0.429. The minimum Gasteiger partial charge on any atom is -0.336 e. The van der Waals surface area contributed by atoms with Crippen molar-refractivity contribution in [3.8, 4) is 11.1 Å². The largest absolute Gasteiger partial charge is 0.336 e. The zero-order chi connectivity index (χ0) is 18.3. The lowest BCUT2D eigenvalue weighted by Crippen LogP contribution is -2.53. The van der Waals surface area contributed by atoms with E-state index in [9.17, 15) is 9.59 Å². The molecule has 3 heterocycles. The number of nitrogens with one attached hydrogen (secondary N) is 1. The van der Waals surface area contributed by atoms with Crippen LogP contribution < -0.4 is 10.9 Å². The van der Waals surface area contributed by atoms with Crippen LogP contribution in [0.3, 0.4) is 0 Å². The first-order valence-corrected chi connectivity index (χ1v) is 9.37. The second kappa shape index (κ2) is 6.63. The molecule has 136 valence electrons. The van der Waals surface area contributed by atoms with Crippen LogP contribution in [0.25, 0.3) is 11.1 Å². The van der Waals surface area contributed by atoms with E-state index in [2.05, 4.69) is 17.4 Å². The highest BCUT2D eigenvalue weighted by Crippen LogP contribution is 2.39. The van der Waals surface area contributed by atoms with E-state index in [0.717, 1.165) is 29.8 Å². The summed E-state index contributed by atoms with van der Waals surface area (Å²) in [5, 5.41) is 3.00. The van der Waals surface area contributed by atoms with Crippen LogP contribution in [0.4, 0.5) is 4.79 Å². The van der Waals surface area contributed by atoms with Gasteiger partial charge in [-0.3, -0.25) is 4.79 Å². The maximum atomic E-state index is 12.5. The highest BCUT2D eigenvalue weighted by atomic mass is 16.2. The number of benzene rings is 1. The normalized spacial score (nSPS) is 21.4. The Bertz CT molecular complexity index is 873. The summed E-state index contributed by atoms with van der Waals surface area (Å²) in [5.41, 5.74) is 3.38. The van der Waals surface area contributed by atoms with Crippen molar-refractivity contribution >= 4 is 6.03 Å². The first-order valence-electron chi connectivity index (χ1n) is 9.37. The Morgan fingerprint density at radius 3 is 2.58 bits per heavy atom. The number of carbonyl (C=O) groups is 1. The molecule has 2 aliphatic rings. The first-order chi connectivity index (χ1) is 12.5. The zero-order valence-electron chi connectivity index (χ0n) is 15.3. The smallest absolute Gasteiger partial charge is 0.317 e.